The van der Waals surface area contributed by atoms with Gasteiger partial charge >= 0.3 is 0 Å². The van der Waals surface area contributed by atoms with Crippen molar-refractivity contribution in [2.24, 2.45) is 0 Å². The Morgan fingerprint density at radius 1 is 0.857 bits per heavy atom. The van der Waals surface area contributed by atoms with Crippen molar-refractivity contribution in [3.05, 3.63) is 27.2 Å². The molecule has 0 atom stereocenters. The van der Waals surface area contributed by atoms with Crippen LogP contribution in [-0.2, 0) is 14.3 Å². The summed E-state index contributed by atoms with van der Waals surface area (Å²) in [5.74, 6) is 0.235. The highest BCUT2D eigenvalue weighted by Crippen LogP contribution is 2.33. The van der Waals surface area contributed by atoms with Crippen molar-refractivity contribution in [1.82, 2.24) is 14.7 Å². The first-order chi connectivity index (χ1) is 13.4. The summed E-state index contributed by atoms with van der Waals surface area (Å²) < 4.78 is 10.8. The Bertz CT molecular complexity index is 720. The molecule has 0 spiro atoms. The molecule has 28 heavy (non-hydrogen) atoms. The molecule has 0 bridgehead atoms. The highest BCUT2D eigenvalue weighted by molar-refractivity contribution is 6.43. The lowest BCUT2D eigenvalue weighted by atomic mass is 10.3. The summed E-state index contributed by atoms with van der Waals surface area (Å²) in [6.45, 7) is 5.12. The minimum Gasteiger partial charge on any atom is -0.482 e. The third-order valence-electron chi connectivity index (χ3n) is 4.77. The lowest BCUT2D eigenvalue weighted by molar-refractivity contribution is -0.141. The molecule has 3 rings (SSSR count). The lowest BCUT2D eigenvalue weighted by Crippen LogP contribution is -2.54. The fraction of sp³-hybridized carbons (Fsp3) is 0.556. The van der Waals surface area contributed by atoms with E-state index < -0.39 is 0 Å². The summed E-state index contributed by atoms with van der Waals surface area (Å²) in [4.78, 5) is 30.4. The molecule has 154 valence electrons. The number of ether oxygens (including phenoxy) is 2. The molecule has 2 aliphatic rings. The average Bonchev–Trinajstić information content (AvgIpc) is 2.70. The van der Waals surface area contributed by atoms with Crippen molar-refractivity contribution < 1.29 is 19.1 Å². The SMILES string of the molecule is O=C(COc1cc(Cl)c(Cl)cc1Cl)N1CCN(C(=O)CN2CCOCC2)CC1. The summed E-state index contributed by atoms with van der Waals surface area (Å²) in [5.41, 5.74) is 0. The predicted octanol–water partition coefficient (Wildman–Crippen LogP) is 2.03. The molecule has 7 nitrogen and oxygen atoms in total. The number of hydrogen-bond acceptors (Lipinski definition) is 5. The molecule has 0 radical (unpaired) electrons. The van der Waals surface area contributed by atoms with Gasteiger partial charge in [-0.05, 0) is 6.07 Å². The topological polar surface area (TPSA) is 62.3 Å². The summed E-state index contributed by atoms with van der Waals surface area (Å²) >= 11 is 17.9. The van der Waals surface area contributed by atoms with Crippen molar-refractivity contribution in [3.63, 3.8) is 0 Å². The fourth-order valence-corrected chi connectivity index (χ4v) is 3.69. The second-order valence-corrected chi connectivity index (χ2v) is 7.86. The third kappa shape index (κ3) is 5.64. The van der Waals surface area contributed by atoms with Crippen molar-refractivity contribution >= 4 is 46.6 Å². The zero-order valence-electron chi connectivity index (χ0n) is 15.3. The molecule has 0 aromatic heterocycles. The van der Waals surface area contributed by atoms with E-state index in [2.05, 4.69) is 4.90 Å². The number of morpholine rings is 1. The molecule has 2 saturated heterocycles. The molecule has 10 heteroatoms. The lowest BCUT2D eigenvalue weighted by Gasteiger charge is -2.36. The van der Waals surface area contributed by atoms with Crippen LogP contribution in [0.1, 0.15) is 0 Å². The third-order valence-corrected chi connectivity index (χ3v) is 5.79. The molecule has 2 amide bonds. The molecular formula is C18H22Cl3N3O4. The average molecular weight is 451 g/mol. The van der Waals surface area contributed by atoms with Crippen LogP contribution in [0.3, 0.4) is 0 Å². The number of benzene rings is 1. The minimum absolute atomic E-state index is 0.0906. The number of carbonyl (C=O) groups excluding carboxylic acids is 2. The first-order valence-electron chi connectivity index (χ1n) is 9.07. The minimum atomic E-state index is -0.164. The summed E-state index contributed by atoms with van der Waals surface area (Å²) in [7, 11) is 0. The van der Waals surface area contributed by atoms with Gasteiger partial charge in [-0.15, -0.1) is 0 Å². The van der Waals surface area contributed by atoms with Gasteiger partial charge in [0.05, 0.1) is 34.8 Å². The van der Waals surface area contributed by atoms with Gasteiger partial charge in [-0.25, -0.2) is 0 Å². The van der Waals surface area contributed by atoms with Crippen molar-refractivity contribution in [2.45, 2.75) is 0 Å². The van der Waals surface area contributed by atoms with Crippen LogP contribution in [0.15, 0.2) is 12.1 Å². The number of amides is 2. The van der Waals surface area contributed by atoms with Crippen LogP contribution >= 0.6 is 34.8 Å². The quantitative estimate of drug-likeness (QED) is 0.643. The Kier molecular flexibility index (Phi) is 7.65. The molecule has 0 unspecified atom stereocenters. The largest absolute Gasteiger partial charge is 0.482 e. The van der Waals surface area contributed by atoms with Crippen LogP contribution in [0.2, 0.25) is 15.1 Å². The van der Waals surface area contributed by atoms with Crippen LogP contribution in [0.5, 0.6) is 5.75 Å². The number of carbonyl (C=O) groups is 2. The fourth-order valence-electron chi connectivity index (χ4n) is 3.10. The van der Waals surface area contributed by atoms with E-state index in [9.17, 15) is 9.59 Å². The second kappa shape index (κ2) is 9.98. The van der Waals surface area contributed by atoms with Gasteiger partial charge in [-0.1, -0.05) is 34.8 Å². The molecule has 1 aromatic carbocycles. The summed E-state index contributed by atoms with van der Waals surface area (Å²) in [5, 5.41) is 0.921. The van der Waals surface area contributed by atoms with Gasteiger partial charge in [0.15, 0.2) is 6.61 Å². The first kappa shape index (κ1) is 21.5. The van der Waals surface area contributed by atoms with E-state index in [0.29, 0.717) is 66.8 Å². The van der Waals surface area contributed by atoms with Crippen molar-refractivity contribution in [2.75, 3.05) is 65.6 Å². The molecule has 2 heterocycles. The Hall–Kier alpha value is -1.25. The maximum absolute atomic E-state index is 12.4. The molecule has 0 N–H and O–H groups in total. The highest BCUT2D eigenvalue weighted by Gasteiger charge is 2.26. The van der Waals surface area contributed by atoms with Gasteiger partial charge in [-0.3, -0.25) is 14.5 Å². The van der Waals surface area contributed by atoms with Crippen LogP contribution < -0.4 is 4.74 Å². The molecule has 2 fully saturated rings. The number of rotatable bonds is 5. The number of hydrogen-bond donors (Lipinski definition) is 0. The smallest absolute Gasteiger partial charge is 0.260 e. The number of piperazine rings is 1. The Morgan fingerprint density at radius 2 is 1.43 bits per heavy atom. The normalized spacial score (nSPS) is 18.2. The molecule has 2 aliphatic heterocycles. The van der Waals surface area contributed by atoms with Gasteiger partial charge in [-0.2, -0.15) is 0 Å². The predicted molar refractivity (Wildman–Crippen MR) is 107 cm³/mol. The number of nitrogens with zero attached hydrogens (tertiary/aromatic N) is 3. The van der Waals surface area contributed by atoms with Gasteiger partial charge in [0.1, 0.15) is 5.75 Å². The van der Waals surface area contributed by atoms with Gasteiger partial charge in [0.25, 0.3) is 5.91 Å². The van der Waals surface area contributed by atoms with Crippen LogP contribution in [0.25, 0.3) is 0 Å². The second-order valence-electron chi connectivity index (χ2n) is 6.64. The Morgan fingerprint density at radius 3 is 2.07 bits per heavy atom. The van der Waals surface area contributed by atoms with E-state index in [1.54, 1.807) is 9.80 Å². The van der Waals surface area contributed by atoms with Crippen molar-refractivity contribution in [3.8, 4) is 5.75 Å². The highest BCUT2D eigenvalue weighted by atomic mass is 35.5. The molecule has 1 aromatic rings. The van der Waals surface area contributed by atoms with E-state index in [4.69, 9.17) is 44.3 Å². The van der Waals surface area contributed by atoms with Crippen molar-refractivity contribution in [1.29, 1.82) is 0 Å². The van der Waals surface area contributed by atoms with E-state index in [1.807, 2.05) is 0 Å². The maximum Gasteiger partial charge on any atom is 0.260 e. The summed E-state index contributed by atoms with van der Waals surface area (Å²) in [6.07, 6.45) is 0. The van der Waals surface area contributed by atoms with E-state index in [1.165, 1.54) is 12.1 Å². The number of halogens is 3. The first-order valence-corrected chi connectivity index (χ1v) is 10.2. The van der Waals surface area contributed by atoms with Gasteiger partial charge in [0.2, 0.25) is 5.91 Å². The van der Waals surface area contributed by atoms with Gasteiger partial charge in [0, 0.05) is 45.3 Å². The van der Waals surface area contributed by atoms with Crippen LogP contribution in [-0.4, -0.2) is 92.1 Å². The van der Waals surface area contributed by atoms with E-state index >= 15 is 0 Å². The zero-order valence-corrected chi connectivity index (χ0v) is 17.6. The maximum atomic E-state index is 12.4. The molecular weight excluding hydrogens is 429 g/mol. The Balaban J connectivity index is 1.43. The Labute approximate surface area is 179 Å². The molecule has 0 aliphatic carbocycles. The van der Waals surface area contributed by atoms with E-state index in [-0.39, 0.29) is 18.4 Å². The van der Waals surface area contributed by atoms with Gasteiger partial charge < -0.3 is 19.3 Å². The zero-order chi connectivity index (χ0) is 20.1. The molecule has 0 saturated carbocycles. The van der Waals surface area contributed by atoms with Crippen LogP contribution in [0, 0.1) is 0 Å². The standard InChI is InChI=1S/C18H22Cl3N3O4/c19-13-9-15(21)16(10-14(13)20)28-12-18(26)24-3-1-23(2-4-24)17(25)11-22-5-7-27-8-6-22/h9-10H,1-8,11-12H2. The van der Waals surface area contributed by atoms with E-state index in [0.717, 1.165) is 13.1 Å². The van der Waals surface area contributed by atoms with Crippen LogP contribution in [0.4, 0.5) is 0 Å². The summed E-state index contributed by atoms with van der Waals surface area (Å²) in [6, 6.07) is 2.96. The monoisotopic (exact) mass is 449 g/mol.